The molecule has 0 radical (unpaired) electrons. The van der Waals surface area contributed by atoms with E-state index in [-0.39, 0.29) is 16.9 Å². The Balaban J connectivity index is 1.88. The lowest BCUT2D eigenvalue weighted by Crippen LogP contribution is -2.47. The van der Waals surface area contributed by atoms with Crippen molar-refractivity contribution in [2.24, 2.45) is 0 Å². The molecule has 5 atom stereocenters. The van der Waals surface area contributed by atoms with Gasteiger partial charge in [-0.3, -0.25) is 4.57 Å². The van der Waals surface area contributed by atoms with Crippen LogP contribution in [0.4, 0.5) is 14.6 Å². The first-order valence-corrected chi connectivity index (χ1v) is 6.69. The Hall–Kier alpha value is -1.84. The summed E-state index contributed by atoms with van der Waals surface area (Å²) in [7, 11) is 0. The molecule has 0 bridgehead atoms. The number of hydrogen-bond acceptors (Lipinski definition) is 6. The van der Waals surface area contributed by atoms with Crippen LogP contribution >= 0.6 is 0 Å². The molecule has 2 aromatic rings. The van der Waals surface area contributed by atoms with Crippen molar-refractivity contribution in [3.05, 3.63) is 18.3 Å². The molecule has 2 fully saturated rings. The molecule has 2 aromatic heterocycles. The van der Waals surface area contributed by atoms with Crippen LogP contribution in [0.3, 0.4) is 0 Å². The molecular weight excluding hydrogens is 298 g/mol. The normalized spacial score (nSPS) is 43.5. The maximum atomic E-state index is 15.2. The van der Waals surface area contributed by atoms with Crippen LogP contribution in [0.1, 0.15) is 20.1 Å². The maximum absolute atomic E-state index is 15.2. The Kier molecular flexibility index (Phi) is 2.23. The van der Waals surface area contributed by atoms with Gasteiger partial charge in [0.1, 0.15) is 23.9 Å². The van der Waals surface area contributed by atoms with E-state index in [0.717, 1.165) is 24.0 Å². The van der Waals surface area contributed by atoms with Crippen molar-refractivity contribution in [2.75, 3.05) is 5.73 Å². The lowest BCUT2D eigenvalue weighted by atomic mass is 9.94. The number of nitrogens with zero attached hydrogens (tertiary/aromatic N) is 3. The van der Waals surface area contributed by atoms with Gasteiger partial charge in [-0.15, -0.1) is 0 Å². The van der Waals surface area contributed by atoms with Crippen LogP contribution in [0.15, 0.2) is 12.5 Å². The van der Waals surface area contributed by atoms with Gasteiger partial charge in [0.2, 0.25) is 0 Å². The van der Waals surface area contributed by atoms with E-state index in [1.165, 1.54) is 6.92 Å². The largest absolute Gasteiger partial charge is 0.384 e. The summed E-state index contributed by atoms with van der Waals surface area (Å²) in [6.45, 7) is 2.40. The SMILES string of the molecule is CC1(O)C2OC(n3cc(F)c4c(N)ncnc43)C(C)(F)C21O. The molecule has 0 amide bonds. The molecule has 4 rings (SSSR count). The predicted molar refractivity (Wildman–Crippen MR) is 70.9 cm³/mol. The van der Waals surface area contributed by atoms with E-state index < -0.39 is 35.0 Å². The van der Waals surface area contributed by atoms with Crippen molar-refractivity contribution in [1.29, 1.82) is 0 Å². The van der Waals surface area contributed by atoms with E-state index in [0.29, 0.717) is 0 Å². The van der Waals surface area contributed by atoms with Crippen molar-refractivity contribution in [3.8, 4) is 0 Å². The molecule has 5 unspecified atom stereocenters. The lowest BCUT2D eigenvalue weighted by molar-refractivity contribution is -0.141. The smallest absolute Gasteiger partial charge is 0.187 e. The zero-order chi connectivity index (χ0) is 16.1. The number of nitrogens with two attached hydrogens (primary N) is 1. The van der Waals surface area contributed by atoms with Gasteiger partial charge in [-0.1, -0.05) is 0 Å². The summed E-state index contributed by atoms with van der Waals surface area (Å²) in [4.78, 5) is 7.61. The number of halogens is 2. The predicted octanol–water partition coefficient (Wildman–Crippen LogP) is 0.274. The Bertz CT molecular complexity index is 806. The number of anilines is 1. The Labute approximate surface area is 123 Å². The second kappa shape index (κ2) is 3.55. The van der Waals surface area contributed by atoms with E-state index in [2.05, 4.69) is 9.97 Å². The summed E-state index contributed by atoms with van der Waals surface area (Å²) < 4.78 is 35.8. The molecule has 4 N–H and O–H groups in total. The van der Waals surface area contributed by atoms with Crippen molar-refractivity contribution in [1.82, 2.24) is 14.5 Å². The standard InChI is InChI=1S/C13H14F2N4O3/c1-11(15)10(22-9-12(2,20)13(9,11)21)19-3-5(14)6-7(16)17-4-18-8(6)19/h3-4,9-10,20-21H,1-2H3,(H2,16,17,18). The number of aromatic nitrogens is 3. The minimum atomic E-state index is -2.35. The summed E-state index contributed by atoms with van der Waals surface area (Å²) in [5.74, 6) is -0.789. The highest BCUT2D eigenvalue weighted by Gasteiger charge is 2.89. The third-order valence-electron chi connectivity index (χ3n) is 4.90. The van der Waals surface area contributed by atoms with Crippen molar-refractivity contribution < 1.29 is 23.7 Å². The second-order valence-corrected chi connectivity index (χ2v) is 6.20. The van der Waals surface area contributed by atoms with Gasteiger partial charge in [-0.2, -0.15) is 0 Å². The number of hydrogen-bond donors (Lipinski definition) is 3. The molecular formula is C13H14F2N4O3. The number of alkyl halides is 1. The van der Waals surface area contributed by atoms with Crippen molar-refractivity contribution in [3.63, 3.8) is 0 Å². The zero-order valence-corrected chi connectivity index (χ0v) is 11.8. The number of rotatable bonds is 1. The van der Waals surface area contributed by atoms with Crippen LogP contribution in [0.25, 0.3) is 11.0 Å². The maximum Gasteiger partial charge on any atom is 0.187 e. The monoisotopic (exact) mass is 312 g/mol. The zero-order valence-electron chi connectivity index (χ0n) is 11.8. The van der Waals surface area contributed by atoms with Gasteiger partial charge in [-0.25, -0.2) is 18.7 Å². The van der Waals surface area contributed by atoms with Crippen molar-refractivity contribution >= 4 is 16.9 Å². The molecule has 7 nitrogen and oxygen atoms in total. The average molecular weight is 312 g/mol. The van der Waals surface area contributed by atoms with Gasteiger partial charge >= 0.3 is 0 Å². The highest BCUT2D eigenvalue weighted by atomic mass is 19.1. The Morgan fingerprint density at radius 3 is 2.64 bits per heavy atom. The molecule has 22 heavy (non-hydrogen) atoms. The third kappa shape index (κ3) is 1.22. The molecule has 9 heteroatoms. The number of fused-ring (bicyclic) bond motifs is 2. The summed E-state index contributed by atoms with van der Waals surface area (Å²) >= 11 is 0. The first-order chi connectivity index (χ1) is 10.1. The van der Waals surface area contributed by atoms with Crippen LogP contribution < -0.4 is 5.73 Å². The molecule has 1 saturated heterocycles. The fraction of sp³-hybridized carbons (Fsp3) is 0.538. The highest BCUT2D eigenvalue weighted by molar-refractivity contribution is 5.86. The van der Waals surface area contributed by atoms with E-state index in [4.69, 9.17) is 10.5 Å². The number of nitrogen functional groups attached to an aromatic ring is 1. The van der Waals surface area contributed by atoms with Crippen LogP contribution in [0, 0.1) is 5.82 Å². The van der Waals surface area contributed by atoms with E-state index in [9.17, 15) is 14.6 Å². The molecule has 1 aliphatic carbocycles. The Morgan fingerprint density at radius 2 is 2.05 bits per heavy atom. The molecule has 0 aromatic carbocycles. The third-order valence-corrected chi connectivity index (χ3v) is 4.90. The minimum Gasteiger partial charge on any atom is -0.384 e. The molecule has 2 aliphatic rings. The second-order valence-electron chi connectivity index (χ2n) is 6.20. The fourth-order valence-corrected chi connectivity index (χ4v) is 3.54. The topological polar surface area (TPSA) is 106 Å². The molecule has 0 spiro atoms. The quantitative estimate of drug-likeness (QED) is 0.698. The molecule has 3 heterocycles. The summed E-state index contributed by atoms with van der Waals surface area (Å²) in [5, 5.41) is 20.3. The van der Waals surface area contributed by atoms with Crippen LogP contribution in [-0.4, -0.2) is 47.7 Å². The van der Waals surface area contributed by atoms with Gasteiger partial charge in [0, 0.05) is 6.20 Å². The van der Waals surface area contributed by atoms with Gasteiger partial charge < -0.3 is 20.7 Å². The molecule has 118 valence electrons. The van der Waals surface area contributed by atoms with E-state index >= 15 is 4.39 Å². The van der Waals surface area contributed by atoms with Gasteiger partial charge in [0.25, 0.3) is 0 Å². The number of aliphatic hydroxyl groups is 2. The Morgan fingerprint density at radius 1 is 1.36 bits per heavy atom. The van der Waals surface area contributed by atoms with Gasteiger partial charge in [0.05, 0.1) is 5.39 Å². The average Bonchev–Trinajstić information content (AvgIpc) is 2.70. The van der Waals surface area contributed by atoms with Crippen LogP contribution in [-0.2, 0) is 4.74 Å². The lowest BCUT2D eigenvalue weighted by Gasteiger charge is -2.32. The summed E-state index contributed by atoms with van der Waals surface area (Å²) in [5.41, 5.74) is -0.427. The van der Waals surface area contributed by atoms with E-state index in [1.807, 2.05) is 0 Å². The minimum absolute atomic E-state index is 0.0405. The molecule has 1 saturated carbocycles. The molecule has 1 aliphatic heterocycles. The highest BCUT2D eigenvalue weighted by Crippen LogP contribution is 2.67. The summed E-state index contributed by atoms with van der Waals surface area (Å²) in [6, 6.07) is 0. The van der Waals surface area contributed by atoms with E-state index in [1.54, 1.807) is 0 Å². The summed E-state index contributed by atoms with van der Waals surface area (Å²) in [6.07, 6.45) is -0.311. The van der Waals surface area contributed by atoms with Crippen LogP contribution in [0.5, 0.6) is 0 Å². The van der Waals surface area contributed by atoms with Gasteiger partial charge in [-0.05, 0) is 13.8 Å². The fourth-order valence-electron chi connectivity index (χ4n) is 3.54. The van der Waals surface area contributed by atoms with Crippen LogP contribution in [0.2, 0.25) is 0 Å². The first kappa shape index (κ1) is 13.8. The van der Waals surface area contributed by atoms with Gasteiger partial charge in [0.15, 0.2) is 29.0 Å². The number of ether oxygens (including phenoxy) is 1. The first-order valence-electron chi connectivity index (χ1n) is 6.69. The van der Waals surface area contributed by atoms with Crippen molar-refractivity contribution in [2.45, 2.75) is 43.1 Å².